The van der Waals surface area contributed by atoms with Gasteiger partial charge in [-0.2, -0.15) is 0 Å². The van der Waals surface area contributed by atoms with Gasteiger partial charge in [0.2, 0.25) is 15.9 Å². The zero-order valence-corrected chi connectivity index (χ0v) is 18.5. The van der Waals surface area contributed by atoms with Crippen LogP contribution >= 0.6 is 0 Å². The lowest BCUT2D eigenvalue weighted by Gasteiger charge is -2.14. The summed E-state index contributed by atoms with van der Waals surface area (Å²) in [6.07, 6.45) is 4.69. The van der Waals surface area contributed by atoms with Crippen LogP contribution in [0.25, 0.3) is 0 Å². The molecule has 2 aromatic rings. The van der Waals surface area contributed by atoms with Crippen LogP contribution in [-0.4, -0.2) is 41.2 Å². The first-order valence-electron chi connectivity index (χ1n) is 10.2. The van der Waals surface area contributed by atoms with Crippen LogP contribution in [0.2, 0.25) is 0 Å². The molecule has 1 aliphatic rings. The van der Waals surface area contributed by atoms with Crippen molar-refractivity contribution in [1.29, 1.82) is 0 Å². The second-order valence-electron chi connectivity index (χ2n) is 7.26. The van der Waals surface area contributed by atoms with Gasteiger partial charge in [-0.3, -0.25) is 4.79 Å². The summed E-state index contributed by atoms with van der Waals surface area (Å²) in [6, 6.07) is 11.5. The molecule has 0 heterocycles. The van der Waals surface area contributed by atoms with E-state index in [0.29, 0.717) is 17.2 Å². The number of nitrogens with one attached hydrogen (secondary N) is 2. The molecule has 3 rings (SSSR count). The molecule has 168 valence electrons. The van der Waals surface area contributed by atoms with E-state index in [1.807, 2.05) is 12.1 Å². The first kappa shape index (κ1) is 22.9. The lowest BCUT2D eigenvalue weighted by molar-refractivity contribution is -0.116. The number of sulfonamides is 1. The Morgan fingerprint density at radius 3 is 2.48 bits per heavy atom. The maximum absolute atomic E-state index is 12.5. The third-order valence-corrected chi connectivity index (χ3v) is 6.49. The zero-order chi connectivity index (χ0) is 22.3. The van der Waals surface area contributed by atoms with Gasteiger partial charge in [-0.1, -0.05) is 6.07 Å². The Morgan fingerprint density at radius 1 is 1.03 bits per heavy atom. The van der Waals surface area contributed by atoms with Crippen LogP contribution < -0.4 is 24.2 Å². The minimum atomic E-state index is -3.79. The Bertz CT molecular complexity index is 1000. The van der Waals surface area contributed by atoms with Gasteiger partial charge in [0.05, 0.1) is 25.2 Å². The van der Waals surface area contributed by atoms with Gasteiger partial charge in [0.25, 0.3) is 0 Å². The fourth-order valence-corrected chi connectivity index (χ4v) is 4.48. The van der Waals surface area contributed by atoms with Crippen LogP contribution in [0.1, 0.15) is 32.1 Å². The van der Waals surface area contributed by atoms with E-state index < -0.39 is 10.0 Å². The van der Waals surface area contributed by atoms with Crippen LogP contribution in [0.15, 0.2) is 47.4 Å². The van der Waals surface area contributed by atoms with Crippen molar-refractivity contribution in [3.05, 3.63) is 42.5 Å². The topological polar surface area (TPSA) is 103 Å². The number of ether oxygens (including phenoxy) is 3. The van der Waals surface area contributed by atoms with Crippen molar-refractivity contribution >= 4 is 21.6 Å². The highest BCUT2D eigenvalue weighted by Crippen LogP contribution is 2.29. The highest BCUT2D eigenvalue weighted by molar-refractivity contribution is 7.89. The van der Waals surface area contributed by atoms with Crippen molar-refractivity contribution in [2.75, 3.05) is 26.1 Å². The maximum Gasteiger partial charge on any atom is 0.240 e. The van der Waals surface area contributed by atoms with Crippen molar-refractivity contribution in [2.24, 2.45) is 0 Å². The number of rotatable bonds is 10. The summed E-state index contributed by atoms with van der Waals surface area (Å²) in [4.78, 5) is 12.3. The van der Waals surface area contributed by atoms with Gasteiger partial charge < -0.3 is 19.5 Å². The van der Waals surface area contributed by atoms with E-state index in [4.69, 9.17) is 14.2 Å². The minimum absolute atomic E-state index is 0.0137. The molecule has 1 amide bonds. The molecule has 1 saturated carbocycles. The summed E-state index contributed by atoms with van der Waals surface area (Å²) in [7, 11) is -0.890. The Hall–Kier alpha value is -2.78. The van der Waals surface area contributed by atoms with E-state index >= 15 is 0 Å². The molecule has 2 N–H and O–H groups in total. The number of hydrogen-bond donors (Lipinski definition) is 2. The summed E-state index contributed by atoms with van der Waals surface area (Å²) < 4.78 is 43.6. The summed E-state index contributed by atoms with van der Waals surface area (Å²) in [6.45, 7) is -0.0409. The Balaban J connectivity index is 1.51. The molecule has 8 nitrogen and oxygen atoms in total. The molecule has 0 atom stereocenters. The number of amides is 1. The van der Waals surface area contributed by atoms with Crippen molar-refractivity contribution in [2.45, 2.75) is 43.1 Å². The van der Waals surface area contributed by atoms with Gasteiger partial charge in [-0.05, 0) is 49.9 Å². The van der Waals surface area contributed by atoms with Gasteiger partial charge in [0, 0.05) is 30.8 Å². The number of methoxy groups -OCH3 is 2. The van der Waals surface area contributed by atoms with Crippen molar-refractivity contribution in [1.82, 2.24) is 4.72 Å². The van der Waals surface area contributed by atoms with Crippen LogP contribution in [0, 0.1) is 0 Å². The number of carbonyl (C=O) groups is 1. The molecule has 0 aliphatic heterocycles. The van der Waals surface area contributed by atoms with E-state index in [9.17, 15) is 13.2 Å². The second-order valence-corrected chi connectivity index (χ2v) is 9.03. The molecule has 1 aliphatic carbocycles. The summed E-state index contributed by atoms with van der Waals surface area (Å²) in [5.74, 6) is 1.16. The zero-order valence-electron chi connectivity index (χ0n) is 17.7. The van der Waals surface area contributed by atoms with Gasteiger partial charge in [0.1, 0.15) is 5.75 Å². The Labute approximate surface area is 182 Å². The van der Waals surface area contributed by atoms with Crippen LogP contribution in [0.4, 0.5) is 5.69 Å². The first-order chi connectivity index (χ1) is 14.9. The lowest BCUT2D eigenvalue weighted by Crippen LogP contribution is -2.27. The smallest absolute Gasteiger partial charge is 0.240 e. The molecule has 1 fully saturated rings. The highest BCUT2D eigenvalue weighted by atomic mass is 32.2. The molecule has 0 unspecified atom stereocenters. The van der Waals surface area contributed by atoms with E-state index in [0.717, 1.165) is 18.6 Å². The number of anilines is 1. The van der Waals surface area contributed by atoms with Crippen LogP contribution in [0.5, 0.6) is 17.2 Å². The fourth-order valence-electron chi connectivity index (χ4n) is 3.44. The van der Waals surface area contributed by atoms with Crippen molar-refractivity contribution in [3.8, 4) is 17.2 Å². The normalized spacial score (nSPS) is 14.3. The third-order valence-electron chi connectivity index (χ3n) is 5.03. The van der Waals surface area contributed by atoms with E-state index in [2.05, 4.69) is 10.0 Å². The Morgan fingerprint density at radius 2 is 1.77 bits per heavy atom. The van der Waals surface area contributed by atoms with E-state index in [-0.39, 0.29) is 29.9 Å². The predicted molar refractivity (Wildman–Crippen MR) is 117 cm³/mol. The quantitative estimate of drug-likeness (QED) is 0.578. The standard InChI is InChI=1S/C22H28N2O6S/c1-28-20-11-10-19(15-21(20)29-2)31(26,27)23-13-12-22(25)24-16-6-5-9-18(14-16)30-17-7-3-4-8-17/h5-6,9-11,14-15,17,23H,3-4,7-8,12-13H2,1-2H3,(H,24,25). The van der Waals surface area contributed by atoms with Gasteiger partial charge in [-0.25, -0.2) is 13.1 Å². The van der Waals surface area contributed by atoms with E-state index in [1.54, 1.807) is 12.1 Å². The SMILES string of the molecule is COc1ccc(S(=O)(=O)NCCC(=O)Nc2cccc(OC3CCCC3)c2)cc1OC. The molecular weight excluding hydrogens is 420 g/mol. The number of hydrogen-bond acceptors (Lipinski definition) is 6. The van der Waals surface area contributed by atoms with E-state index in [1.165, 1.54) is 45.3 Å². The van der Waals surface area contributed by atoms with Gasteiger partial charge in [-0.15, -0.1) is 0 Å². The molecule has 9 heteroatoms. The summed E-state index contributed by atoms with van der Waals surface area (Å²) >= 11 is 0. The van der Waals surface area contributed by atoms with Crippen molar-refractivity contribution in [3.63, 3.8) is 0 Å². The molecule has 0 aromatic heterocycles. The monoisotopic (exact) mass is 448 g/mol. The van der Waals surface area contributed by atoms with Crippen molar-refractivity contribution < 1.29 is 27.4 Å². The third kappa shape index (κ3) is 6.35. The molecule has 0 bridgehead atoms. The predicted octanol–water partition coefficient (Wildman–Crippen LogP) is 3.33. The fraction of sp³-hybridized carbons (Fsp3) is 0.409. The summed E-state index contributed by atoms with van der Waals surface area (Å²) in [5, 5.41) is 2.78. The maximum atomic E-state index is 12.5. The molecule has 0 spiro atoms. The average molecular weight is 449 g/mol. The van der Waals surface area contributed by atoms with Gasteiger partial charge >= 0.3 is 0 Å². The second kappa shape index (κ2) is 10.5. The van der Waals surface area contributed by atoms with Crippen LogP contribution in [0.3, 0.4) is 0 Å². The molecule has 2 aromatic carbocycles. The molecule has 0 saturated heterocycles. The molecular formula is C22H28N2O6S. The average Bonchev–Trinajstić information content (AvgIpc) is 3.26. The lowest BCUT2D eigenvalue weighted by atomic mass is 10.2. The first-order valence-corrected chi connectivity index (χ1v) is 11.7. The Kier molecular flexibility index (Phi) is 7.75. The molecule has 31 heavy (non-hydrogen) atoms. The molecule has 0 radical (unpaired) electrons. The summed E-state index contributed by atoms with van der Waals surface area (Å²) in [5.41, 5.74) is 0.614. The number of carbonyl (C=O) groups excluding carboxylic acids is 1. The van der Waals surface area contributed by atoms with Gasteiger partial charge in [0.15, 0.2) is 11.5 Å². The van der Waals surface area contributed by atoms with Crippen LogP contribution in [-0.2, 0) is 14.8 Å². The number of benzene rings is 2. The largest absolute Gasteiger partial charge is 0.493 e. The highest BCUT2D eigenvalue weighted by Gasteiger charge is 2.18. The minimum Gasteiger partial charge on any atom is -0.493 e.